The van der Waals surface area contributed by atoms with Crippen molar-refractivity contribution >= 4 is 21.7 Å². The maximum atomic E-state index is 13.5. The van der Waals surface area contributed by atoms with E-state index >= 15 is 0 Å². The number of hydrogen-bond acceptors (Lipinski definition) is 5. The van der Waals surface area contributed by atoms with Gasteiger partial charge in [0.05, 0.1) is 10.8 Å². The van der Waals surface area contributed by atoms with Crippen molar-refractivity contribution in [1.29, 1.82) is 0 Å². The number of halogens is 3. The first-order valence-electron chi connectivity index (χ1n) is 10.9. The van der Waals surface area contributed by atoms with Gasteiger partial charge in [-0.3, -0.25) is 4.79 Å². The van der Waals surface area contributed by atoms with Crippen LogP contribution in [0.1, 0.15) is 37.3 Å². The van der Waals surface area contributed by atoms with E-state index in [0.717, 1.165) is 5.56 Å². The van der Waals surface area contributed by atoms with Crippen LogP contribution in [-0.2, 0) is 21.2 Å². The molecule has 3 atom stereocenters. The Bertz CT molecular complexity index is 1170. The Hall–Kier alpha value is -2.79. The summed E-state index contributed by atoms with van der Waals surface area (Å²) in [5, 5.41) is 9.47. The summed E-state index contributed by atoms with van der Waals surface area (Å²) in [4.78, 5) is 13.6. The molecule has 1 saturated heterocycles. The number of sulfonamides is 1. The molecule has 0 aromatic heterocycles. The van der Waals surface area contributed by atoms with Gasteiger partial charge < -0.3 is 14.7 Å². The molecule has 0 amide bonds. The third kappa shape index (κ3) is 4.72. The van der Waals surface area contributed by atoms with Crippen LogP contribution in [0.25, 0.3) is 0 Å². The normalized spacial score (nSPS) is 23.6. The van der Waals surface area contributed by atoms with Gasteiger partial charge in [0.25, 0.3) is 0 Å². The van der Waals surface area contributed by atoms with E-state index in [1.807, 2.05) is 4.90 Å². The number of carboxylic acid groups (broad SMARTS) is 1. The third-order valence-electron chi connectivity index (χ3n) is 6.34. The SMILES string of the molecule is CC1CN(c2ccc(OC(F)(F)F)cc2)CC(C)N1S(=O)(=O)c1ccc2c(c1)C(C(=O)O)CC2. The molecule has 0 spiro atoms. The van der Waals surface area contributed by atoms with Crippen molar-refractivity contribution in [2.75, 3.05) is 18.0 Å². The van der Waals surface area contributed by atoms with Crippen molar-refractivity contribution in [3.63, 3.8) is 0 Å². The Balaban J connectivity index is 1.54. The van der Waals surface area contributed by atoms with E-state index < -0.39 is 40.4 Å². The lowest BCUT2D eigenvalue weighted by atomic mass is 10.0. The number of aryl methyl sites for hydroxylation is 1. The molecule has 3 unspecified atom stereocenters. The van der Waals surface area contributed by atoms with Crippen LogP contribution in [0.5, 0.6) is 5.75 Å². The van der Waals surface area contributed by atoms with Gasteiger partial charge >= 0.3 is 12.3 Å². The maximum absolute atomic E-state index is 13.5. The first-order chi connectivity index (χ1) is 15.9. The summed E-state index contributed by atoms with van der Waals surface area (Å²) >= 11 is 0. The van der Waals surface area contributed by atoms with Crippen LogP contribution >= 0.6 is 0 Å². The van der Waals surface area contributed by atoms with Crippen LogP contribution in [-0.4, -0.2) is 55.3 Å². The van der Waals surface area contributed by atoms with E-state index in [0.29, 0.717) is 37.2 Å². The van der Waals surface area contributed by atoms with Gasteiger partial charge in [-0.05, 0) is 74.2 Å². The second kappa shape index (κ2) is 8.77. The van der Waals surface area contributed by atoms with Crippen LogP contribution in [0.4, 0.5) is 18.9 Å². The van der Waals surface area contributed by atoms with E-state index in [2.05, 4.69) is 4.74 Å². The Morgan fingerprint density at radius 3 is 2.24 bits per heavy atom. The van der Waals surface area contributed by atoms with E-state index in [1.165, 1.54) is 40.7 Å². The van der Waals surface area contributed by atoms with Gasteiger partial charge in [0.2, 0.25) is 10.0 Å². The van der Waals surface area contributed by atoms with Crippen molar-refractivity contribution in [2.45, 2.75) is 55.9 Å². The fourth-order valence-electron chi connectivity index (χ4n) is 4.97. The number of nitrogens with zero attached hydrogens (tertiary/aromatic N) is 2. The van der Waals surface area contributed by atoms with Crippen LogP contribution in [0.15, 0.2) is 47.4 Å². The highest BCUT2D eigenvalue weighted by atomic mass is 32.2. The van der Waals surface area contributed by atoms with Gasteiger partial charge in [0, 0.05) is 30.9 Å². The summed E-state index contributed by atoms with van der Waals surface area (Å²) < 4.78 is 69.6. The fraction of sp³-hybridized carbons (Fsp3) is 0.435. The minimum atomic E-state index is -4.77. The average Bonchev–Trinajstić information content (AvgIpc) is 3.16. The molecule has 0 bridgehead atoms. The molecule has 4 rings (SSSR count). The van der Waals surface area contributed by atoms with Crippen LogP contribution in [0, 0.1) is 0 Å². The second-order valence-corrected chi connectivity index (χ2v) is 10.6. The van der Waals surface area contributed by atoms with E-state index in [4.69, 9.17) is 0 Å². The van der Waals surface area contributed by atoms with E-state index in [-0.39, 0.29) is 10.6 Å². The van der Waals surface area contributed by atoms with Crippen molar-refractivity contribution in [2.24, 2.45) is 0 Å². The quantitative estimate of drug-likeness (QED) is 0.671. The Labute approximate surface area is 195 Å². The smallest absolute Gasteiger partial charge is 0.481 e. The molecule has 11 heteroatoms. The first kappa shape index (κ1) is 24.3. The molecule has 1 fully saturated rings. The topological polar surface area (TPSA) is 87.2 Å². The number of piperazine rings is 1. The standard InChI is InChI=1S/C23H25F3N2O5S/c1-14-12-27(17-5-7-18(8-6-17)33-23(24,25)26)13-15(2)28(14)34(31,32)19-9-3-16-4-10-20(22(29)30)21(16)11-19/h3,5-9,11,14-15,20H,4,10,12-13H2,1-2H3,(H,29,30). The monoisotopic (exact) mass is 498 g/mol. The number of rotatable bonds is 5. The molecule has 1 heterocycles. The van der Waals surface area contributed by atoms with Crippen molar-refractivity contribution in [1.82, 2.24) is 4.31 Å². The predicted molar refractivity (Wildman–Crippen MR) is 118 cm³/mol. The first-order valence-corrected chi connectivity index (χ1v) is 12.3. The van der Waals surface area contributed by atoms with Crippen LogP contribution < -0.4 is 9.64 Å². The summed E-state index contributed by atoms with van der Waals surface area (Å²) in [6.45, 7) is 4.22. The van der Waals surface area contributed by atoms with Crippen molar-refractivity contribution < 1.29 is 36.2 Å². The van der Waals surface area contributed by atoms with Gasteiger partial charge in [-0.1, -0.05) is 6.07 Å². The number of benzene rings is 2. The predicted octanol–water partition coefficient (Wildman–Crippen LogP) is 3.99. The molecule has 2 aromatic rings. The fourth-order valence-corrected chi connectivity index (χ4v) is 6.81. The lowest BCUT2D eigenvalue weighted by molar-refractivity contribution is -0.274. The molecule has 184 valence electrons. The molecule has 34 heavy (non-hydrogen) atoms. The zero-order chi connectivity index (χ0) is 24.8. The summed E-state index contributed by atoms with van der Waals surface area (Å²) in [7, 11) is -3.90. The number of fused-ring (bicyclic) bond motifs is 1. The molecule has 0 saturated carbocycles. The lowest BCUT2D eigenvalue weighted by Gasteiger charge is -2.44. The Morgan fingerprint density at radius 2 is 1.68 bits per heavy atom. The molecule has 1 aliphatic carbocycles. The summed E-state index contributed by atoms with van der Waals surface area (Å²) in [5.41, 5.74) is 2.07. The zero-order valence-corrected chi connectivity index (χ0v) is 19.4. The van der Waals surface area contributed by atoms with Gasteiger partial charge in [0.1, 0.15) is 5.75 Å². The Morgan fingerprint density at radius 1 is 1.06 bits per heavy atom. The molecule has 7 nitrogen and oxygen atoms in total. The summed E-state index contributed by atoms with van der Waals surface area (Å²) in [5.74, 6) is -1.99. The molecular weight excluding hydrogens is 473 g/mol. The lowest BCUT2D eigenvalue weighted by Crippen LogP contribution is -2.58. The summed E-state index contributed by atoms with van der Waals surface area (Å²) in [6, 6.07) is 9.34. The van der Waals surface area contributed by atoms with Gasteiger partial charge in [-0.2, -0.15) is 4.31 Å². The third-order valence-corrected chi connectivity index (χ3v) is 8.47. The average molecular weight is 499 g/mol. The van der Waals surface area contributed by atoms with Gasteiger partial charge in [-0.15, -0.1) is 13.2 Å². The van der Waals surface area contributed by atoms with Crippen LogP contribution in [0.2, 0.25) is 0 Å². The second-order valence-electron chi connectivity index (χ2n) is 8.77. The highest BCUT2D eigenvalue weighted by Gasteiger charge is 2.40. The number of carbonyl (C=O) groups is 1. The number of aliphatic carboxylic acids is 1. The number of hydrogen-bond donors (Lipinski definition) is 1. The minimum absolute atomic E-state index is 0.0696. The maximum Gasteiger partial charge on any atom is 0.573 e. The minimum Gasteiger partial charge on any atom is -0.481 e. The van der Waals surface area contributed by atoms with Gasteiger partial charge in [-0.25, -0.2) is 8.42 Å². The molecule has 2 aliphatic rings. The van der Waals surface area contributed by atoms with Crippen molar-refractivity contribution in [3.05, 3.63) is 53.6 Å². The molecule has 2 aromatic carbocycles. The summed E-state index contributed by atoms with van der Waals surface area (Å²) in [6.07, 6.45) is -3.72. The highest BCUT2D eigenvalue weighted by molar-refractivity contribution is 7.89. The van der Waals surface area contributed by atoms with E-state index in [1.54, 1.807) is 19.9 Å². The zero-order valence-electron chi connectivity index (χ0n) is 18.6. The van der Waals surface area contributed by atoms with Crippen molar-refractivity contribution in [3.8, 4) is 5.75 Å². The molecular formula is C23H25F3N2O5S. The largest absolute Gasteiger partial charge is 0.573 e. The molecule has 0 radical (unpaired) electrons. The highest BCUT2D eigenvalue weighted by Crippen LogP contribution is 2.36. The Kier molecular flexibility index (Phi) is 6.28. The number of ether oxygens (including phenoxy) is 1. The number of alkyl halides is 3. The number of carboxylic acids is 1. The molecule has 1 N–H and O–H groups in total. The molecule has 1 aliphatic heterocycles. The number of anilines is 1. The van der Waals surface area contributed by atoms with Gasteiger partial charge in [0.15, 0.2) is 0 Å². The van der Waals surface area contributed by atoms with E-state index in [9.17, 15) is 31.5 Å². The van der Waals surface area contributed by atoms with Crippen LogP contribution in [0.3, 0.4) is 0 Å².